The van der Waals surface area contributed by atoms with Crippen molar-refractivity contribution in [2.24, 2.45) is 0 Å². The monoisotopic (exact) mass is 220 g/mol. The second kappa shape index (κ2) is 5.46. The summed E-state index contributed by atoms with van der Waals surface area (Å²) in [6.07, 6.45) is 0. The predicted octanol–water partition coefficient (Wildman–Crippen LogP) is 2.68. The molecule has 1 aromatic rings. The number of nitrogens with one attached hydrogen (secondary N) is 1. The molecule has 0 aliphatic carbocycles. The zero-order chi connectivity index (χ0) is 12.2. The van der Waals surface area contributed by atoms with Crippen molar-refractivity contribution in [3.8, 4) is 0 Å². The molecule has 0 bridgehead atoms. The minimum absolute atomic E-state index is 0.184. The average molecular weight is 220 g/mol. The third kappa shape index (κ3) is 3.62. The summed E-state index contributed by atoms with van der Waals surface area (Å²) < 4.78 is 0. The molecule has 2 nitrogen and oxygen atoms in total. The molecule has 1 aromatic carbocycles. The van der Waals surface area contributed by atoms with Crippen molar-refractivity contribution < 1.29 is 0 Å². The second-order valence-corrected chi connectivity index (χ2v) is 5.22. The van der Waals surface area contributed by atoms with Crippen LogP contribution in [-0.2, 0) is 0 Å². The molecule has 0 saturated carbocycles. The molecular weight excluding hydrogens is 196 g/mol. The molecule has 2 heteroatoms. The molecule has 1 unspecified atom stereocenters. The number of likely N-dealkylation sites (N-methyl/N-ethyl adjacent to an activating group) is 1. The van der Waals surface area contributed by atoms with Gasteiger partial charge in [-0.25, -0.2) is 0 Å². The lowest BCUT2D eigenvalue weighted by Gasteiger charge is -2.34. The zero-order valence-electron chi connectivity index (χ0n) is 11.1. The lowest BCUT2D eigenvalue weighted by Crippen LogP contribution is -2.47. The summed E-state index contributed by atoms with van der Waals surface area (Å²) in [7, 11) is 4.24. The molecule has 0 aliphatic heterocycles. The van der Waals surface area contributed by atoms with E-state index in [1.54, 1.807) is 0 Å². The predicted molar refractivity (Wildman–Crippen MR) is 70.6 cm³/mol. The van der Waals surface area contributed by atoms with Crippen LogP contribution >= 0.6 is 0 Å². The van der Waals surface area contributed by atoms with Crippen molar-refractivity contribution in [3.63, 3.8) is 0 Å². The van der Waals surface area contributed by atoms with Crippen LogP contribution in [0.5, 0.6) is 0 Å². The van der Waals surface area contributed by atoms with Gasteiger partial charge in [-0.3, -0.25) is 0 Å². The molecule has 1 atom stereocenters. The Balaban J connectivity index is 2.51. The fourth-order valence-electron chi connectivity index (χ4n) is 1.42. The Morgan fingerprint density at radius 2 is 1.75 bits per heavy atom. The quantitative estimate of drug-likeness (QED) is 0.820. The van der Waals surface area contributed by atoms with Crippen molar-refractivity contribution in [2.75, 3.05) is 20.6 Å². The number of hydrogen-bond acceptors (Lipinski definition) is 2. The van der Waals surface area contributed by atoms with Crippen LogP contribution < -0.4 is 5.32 Å². The summed E-state index contributed by atoms with van der Waals surface area (Å²) >= 11 is 0. The second-order valence-electron chi connectivity index (χ2n) is 5.22. The summed E-state index contributed by atoms with van der Waals surface area (Å²) in [5.74, 6) is 0. The van der Waals surface area contributed by atoms with Gasteiger partial charge in [-0.1, -0.05) is 30.3 Å². The Labute approximate surface area is 99.7 Å². The van der Waals surface area contributed by atoms with Crippen LogP contribution in [0.2, 0.25) is 0 Å². The Bertz CT molecular complexity index is 304. The summed E-state index contributed by atoms with van der Waals surface area (Å²) in [5, 5.41) is 3.58. The van der Waals surface area contributed by atoms with Gasteiger partial charge in [-0.2, -0.15) is 0 Å². The highest BCUT2D eigenvalue weighted by atomic mass is 15.2. The normalized spacial score (nSPS) is 14.1. The lowest BCUT2D eigenvalue weighted by molar-refractivity contribution is 0.185. The van der Waals surface area contributed by atoms with Crippen LogP contribution in [0.1, 0.15) is 32.4 Å². The van der Waals surface area contributed by atoms with Crippen LogP contribution in [-0.4, -0.2) is 31.1 Å². The van der Waals surface area contributed by atoms with Crippen LogP contribution in [0.25, 0.3) is 0 Å². The van der Waals surface area contributed by atoms with Gasteiger partial charge in [0.15, 0.2) is 0 Å². The zero-order valence-corrected chi connectivity index (χ0v) is 11.1. The standard InChI is InChI=1S/C14H24N2/c1-12(13-9-7-6-8-10-13)15-11-14(2,3)16(4)5/h6-10,12,15H,11H2,1-5H3. The molecule has 0 radical (unpaired) electrons. The maximum Gasteiger partial charge on any atom is 0.0292 e. The van der Waals surface area contributed by atoms with Crippen molar-refractivity contribution >= 4 is 0 Å². The van der Waals surface area contributed by atoms with Gasteiger partial charge in [0.1, 0.15) is 0 Å². The van der Waals surface area contributed by atoms with Gasteiger partial charge in [-0.15, -0.1) is 0 Å². The molecule has 0 aromatic heterocycles. The summed E-state index contributed by atoms with van der Waals surface area (Å²) in [5.41, 5.74) is 1.53. The van der Waals surface area contributed by atoms with Gasteiger partial charge < -0.3 is 10.2 Å². The molecule has 0 amide bonds. The van der Waals surface area contributed by atoms with Gasteiger partial charge >= 0.3 is 0 Å². The van der Waals surface area contributed by atoms with Crippen LogP contribution in [0, 0.1) is 0 Å². The van der Waals surface area contributed by atoms with E-state index >= 15 is 0 Å². The first-order valence-electron chi connectivity index (χ1n) is 5.89. The number of nitrogens with zero attached hydrogens (tertiary/aromatic N) is 1. The third-order valence-electron chi connectivity index (χ3n) is 3.35. The highest BCUT2D eigenvalue weighted by Gasteiger charge is 2.20. The summed E-state index contributed by atoms with van der Waals surface area (Å²) in [4.78, 5) is 2.25. The molecule has 1 rings (SSSR count). The topological polar surface area (TPSA) is 15.3 Å². The third-order valence-corrected chi connectivity index (χ3v) is 3.35. The van der Waals surface area contributed by atoms with E-state index in [2.05, 4.69) is 75.4 Å². The van der Waals surface area contributed by atoms with Crippen molar-refractivity contribution in [1.82, 2.24) is 10.2 Å². The fraction of sp³-hybridized carbons (Fsp3) is 0.571. The lowest BCUT2D eigenvalue weighted by atomic mass is 10.0. The molecule has 1 N–H and O–H groups in total. The Hall–Kier alpha value is -0.860. The number of hydrogen-bond donors (Lipinski definition) is 1. The van der Waals surface area contributed by atoms with Gasteiger partial charge in [0.2, 0.25) is 0 Å². The Kier molecular flexibility index (Phi) is 4.51. The van der Waals surface area contributed by atoms with Crippen molar-refractivity contribution in [2.45, 2.75) is 32.4 Å². The fourth-order valence-corrected chi connectivity index (χ4v) is 1.42. The molecule has 0 heterocycles. The number of benzene rings is 1. The maximum absolute atomic E-state index is 3.58. The van der Waals surface area contributed by atoms with Crippen LogP contribution in [0.4, 0.5) is 0 Å². The molecule has 0 fully saturated rings. The molecular formula is C14H24N2. The first kappa shape index (κ1) is 13.2. The van der Waals surface area contributed by atoms with Gasteiger partial charge in [0.25, 0.3) is 0 Å². The smallest absolute Gasteiger partial charge is 0.0292 e. The Morgan fingerprint density at radius 1 is 1.19 bits per heavy atom. The van der Waals surface area contributed by atoms with E-state index in [1.165, 1.54) is 5.56 Å². The first-order valence-corrected chi connectivity index (χ1v) is 5.89. The van der Waals surface area contributed by atoms with E-state index in [-0.39, 0.29) is 5.54 Å². The van der Waals surface area contributed by atoms with Crippen molar-refractivity contribution in [1.29, 1.82) is 0 Å². The van der Waals surface area contributed by atoms with Crippen LogP contribution in [0.3, 0.4) is 0 Å². The minimum Gasteiger partial charge on any atom is -0.308 e. The summed E-state index contributed by atoms with van der Waals surface area (Å²) in [6, 6.07) is 11.0. The van der Waals surface area contributed by atoms with E-state index in [1.807, 2.05) is 0 Å². The van der Waals surface area contributed by atoms with E-state index in [0.717, 1.165) is 6.54 Å². The summed E-state index contributed by atoms with van der Waals surface area (Å²) in [6.45, 7) is 7.69. The average Bonchev–Trinajstić information content (AvgIpc) is 2.27. The highest BCUT2D eigenvalue weighted by Crippen LogP contribution is 2.14. The van der Waals surface area contributed by atoms with Gasteiger partial charge in [0.05, 0.1) is 0 Å². The van der Waals surface area contributed by atoms with E-state index in [9.17, 15) is 0 Å². The van der Waals surface area contributed by atoms with E-state index in [0.29, 0.717) is 6.04 Å². The Morgan fingerprint density at radius 3 is 2.25 bits per heavy atom. The van der Waals surface area contributed by atoms with E-state index < -0.39 is 0 Å². The SMILES string of the molecule is CC(NCC(C)(C)N(C)C)c1ccccc1. The largest absolute Gasteiger partial charge is 0.308 e. The molecule has 16 heavy (non-hydrogen) atoms. The number of rotatable bonds is 5. The minimum atomic E-state index is 0.184. The van der Waals surface area contributed by atoms with Crippen LogP contribution in [0.15, 0.2) is 30.3 Å². The van der Waals surface area contributed by atoms with Gasteiger partial charge in [-0.05, 0) is 40.4 Å². The first-order chi connectivity index (χ1) is 7.43. The van der Waals surface area contributed by atoms with Crippen molar-refractivity contribution in [3.05, 3.63) is 35.9 Å². The van der Waals surface area contributed by atoms with Gasteiger partial charge in [0, 0.05) is 18.1 Å². The van der Waals surface area contributed by atoms with E-state index in [4.69, 9.17) is 0 Å². The highest BCUT2D eigenvalue weighted by molar-refractivity contribution is 5.18. The molecule has 0 saturated heterocycles. The molecule has 0 aliphatic rings. The molecule has 90 valence electrons. The molecule has 0 spiro atoms. The maximum atomic E-state index is 3.58.